The fraction of sp³-hybridized carbons (Fsp3) is 0.583. The molecule has 1 heterocycles. The molecule has 0 radical (unpaired) electrons. The van der Waals surface area contributed by atoms with Crippen molar-refractivity contribution in [2.75, 3.05) is 0 Å². The van der Waals surface area contributed by atoms with Gasteiger partial charge in [-0.3, -0.25) is 4.79 Å². The molecule has 3 heteroatoms. The third-order valence-corrected chi connectivity index (χ3v) is 4.02. The number of furan rings is 1. The Morgan fingerprint density at radius 2 is 2.33 bits per heavy atom. The molecule has 0 amide bonds. The fourth-order valence-electron chi connectivity index (χ4n) is 2.99. The minimum Gasteiger partial charge on any atom is -0.481 e. The van der Waals surface area contributed by atoms with Crippen molar-refractivity contribution in [1.29, 1.82) is 0 Å². The second-order valence-corrected chi connectivity index (χ2v) is 4.81. The van der Waals surface area contributed by atoms with Crippen LogP contribution in [0.4, 0.5) is 0 Å². The highest BCUT2D eigenvalue weighted by molar-refractivity contribution is 5.68. The molecule has 2 aliphatic rings. The van der Waals surface area contributed by atoms with Crippen molar-refractivity contribution in [3.05, 3.63) is 23.7 Å². The van der Waals surface area contributed by atoms with E-state index in [-0.39, 0.29) is 12.3 Å². The zero-order valence-corrected chi connectivity index (χ0v) is 8.53. The molecule has 3 rings (SSSR count). The highest BCUT2D eigenvalue weighted by atomic mass is 16.4. The molecule has 1 spiro atoms. The van der Waals surface area contributed by atoms with Gasteiger partial charge < -0.3 is 9.52 Å². The lowest BCUT2D eigenvalue weighted by atomic mass is 9.73. The van der Waals surface area contributed by atoms with Gasteiger partial charge in [0.1, 0.15) is 5.76 Å². The summed E-state index contributed by atoms with van der Waals surface area (Å²) in [5, 5.41) is 8.96. The average molecular weight is 206 g/mol. The van der Waals surface area contributed by atoms with Crippen molar-refractivity contribution in [3.63, 3.8) is 0 Å². The highest BCUT2D eigenvalue weighted by Crippen LogP contribution is 2.63. The van der Waals surface area contributed by atoms with E-state index in [4.69, 9.17) is 9.52 Å². The van der Waals surface area contributed by atoms with Crippen molar-refractivity contribution in [2.24, 2.45) is 5.41 Å². The third kappa shape index (κ3) is 1.29. The van der Waals surface area contributed by atoms with Crippen LogP contribution in [0.2, 0.25) is 0 Å². The van der Waals surface area contributed by atoms with Crippen molar-refractivity contribution < 1.29 is 14.3 Å². The summed E-state index contributed by atoms with van der Waals surface area (Å²) in [7, 11) is 0. The summed E-state index contributed by atoms with van der Waals surface area (Å²) in [4.78, 5) is 10.9. The quantitative estimate of drug-likeness (QED) is 0.809. The Labute approximate surface area is 88.1 Å². The summed E-state index contributed by atoms with van der Waals surface area (Å²) < 4.78 is 5.40. The molecule has 0 saturated heterocycles. The van der Waals surface area contributed by atoms with Crippen LogP contribution in [0.5, 0.6) is 0 Å². The third-order valence-electron chi connectivity index (χ3n) is 4.02. The summed E-state index contributed by atoms with van der Waals surface area (Å²) in [6.07, 6.45) is 6.42. The van der Waals surface area contributed by atoms with Crippen LogP contribution in [0.1, 0.15) is 42.9 Å². The number of hydrogen-bond donors (Lipinski definition) is 1. The maximum Gasteiger partial charge on any atom is 0.303 e. The Morgan fingerprint density at radius 3 is 3.00 bits per heavy atom. The summed E-state index contributed by atoms with van der Waals surface area (Å²) in [5.41, 5.74) is 1.45. The Hall–Kier alpha value is -1.25. The molecule has 1 fully saturated rings. The van der Waals surface area contributed by atoms with E-state index in [9.17, 15) is 4.79 Å². The molecule has 0 aromatic carbocycles. The summed E-state index contributed by atoms with van der Waals surface area (Å²) >= 11 is 0. The Bertz CT molecular complexity index is 401. The second-order valence-electron chi connectivity index (χ2n) is 4.81. The van der Waals surface area contributed by atoms with Crippen LogP contribution in [-0.4, -0.2) is 11.1 Å². The monoisotopic (exact) mass is 206 g/mol. The second kappa shape index (κ2) is 2.87. The van der Waals surface area contributed by atoms with Crippen molar-refractivity contribution in [2.45, 2.75) is 38.0 Å². The van der Waals surface area contributed by atoms with Crippen LogP contribution in [0.3, 0.4) is 0 Å². The maximum atomic E-state index is 10.9. The number of carboxylic acid groups (broad SMARTS) is 1. The number of carboxylic acids is 1. The van der Waals surface area contributed by atoms with Crippen LogP contribution in [0.25, 0.3) is 0 Å². The fourth-order valence-corrected chi connectivity index (χ4v) is 2.99. The molecule has 1 N–H and O–H groups in total. The van der Waals surface area contributed by atoms with Crippen molar-refractivity contribution in [3.8, 4) is 0 Å². The van der Waals surface area contributed by atoms with Gasteiger partial charge in [0.05, 0.1) is 12.7 Å². The van der Waals surface area contributed by atoms with Crippen molar-refractivity contribution in [1.82, 2.24) is 0 Å². The van der Waals surface area contributed by atoms with Gasteiger partial charge in [0.2, 0.25) is 0 Å². The number of hydrogen-bond acceptors (Lipinski definition) is 2. The van der Waals surface area contributed by atoms with E-state index in [1.165, 1.54) is 12.8 Å². The van der Waals surface area contributed by atoms with E-state index >= 15 is 0 Å². The first-order valence-corrected chi connectivity index (χ1v) is 5.49. The number of carbonyl (C=O) groups is 1. The predicted octanol–water partition coefficient (Wildman–Crippen LogP) is 2.56. The van der Waals surface area contributed by atoms with E-state index in [1.807, 2.05) is 6.07 Å². The standard InChI is InChI=1S/C12H14O3/c13-11(14)7-9-8-2-6-15-10(8)1-3-12(9)4-5-12/h2,6,9H,1,3-5,7H2,(H,13,14). The molecule has 0 aliphatic heterocycles. The van der Waals surface area contributed by atoms with Crippen molar-refractivity contribution >= 4 is 5.97 Å². The molecule has 1 saturated carbocycles. The van der Waals surface area contributed by atoms with E-state index in [0.717, 1.165) is 24.2 Å². The van der Waals surface area contributed by atoms with Gasteiger partial charge in [-0.1, -0.05) is 0 Å². The van der Waals surface area contributed by atoms with Crippen LogP contribution in [0.15, 0.2) is 16.7 Å². The van der Waals surface area contributed by atoms with Gasteiger partial charge in [-0.05, 0) is 36.3 Å². The largest absolute Gasteiger partial charge is 0.481 e. The van der Waals surface area contributed by atoms with Gasteiger partial charge in [0, 0.05) is 12.3 Å². The van der Waals surface area contributed by atoms with E-state index < -0.39 is 5.97 Å². The van der Waals surface area contributed by atoms with Crippen LogP contribution >= 0.6 is 0 Å². The first-order chi connectivity index (χ1) is 7.21. The molecular weight excluding hydrogens is 192 g/mol. The molecule has 15 heavy (non-hydrogen) atoms. The SMILES string of the molecule is O=C(O)CC1c2ccoc2CCC12CC2. The minimum absolute atomic E-state index is 0.192. The van der Waals surface area contributed by atoms with E-state index in [1.54, 1.807) is 6.26 Å². The number of aryl methyl sites for hydroxylation is 1. The smallest absolute Gasteiger partial charge is 0.303 e. The van der Waals surface area contributed by atoms with Crippen LogP contribution in [0, 0.1) is 5.41 Å². The zero-order chi connectivity index (χ0) is 10.5. The number of fused-ring (bicyclic) bond motifs is 1. The molecular formula is C12H14O3. The molecule has 3 nitrogen and oxygen atoms in total. The summed E-state index contributed by atoms with van der Waals surface area (Å²) in [5.74, 6) is 0.511. The summed E-state index contributed by atoms with van der Waals surface area (Å²) in [6, 6.07) is 1.96. The van der Waals surface area contributed by atoms with Crippen LogP contribution in [-0.2, 0) is 11.2 Å². The first-order valence-electron chi connectivity index (χ1n) is 5.49. The molecule has 0 bridgehead atoms. The maximum absolute atomic E-state index is 10.9. The average Bonchev–Trinajstić information content (AvgIpc) is 2.79. The highest BCUT2D eigenvalue weighted by Gasteiger charge is 2.53. The molecule has 1 aromatic rings. The molecule has 1 aromatic heterocycles. The van der Waals surface area contributed by atoms with Gasteiger partial charge in [-0.2, -0.15) is 0 Å². The zero-order valence-electron chi connectivity index (χ0n) is 8.53. The van der Waals surface area contributed by atoms with Crippen LogP contribution < -0.4 is 0 Å². The predicted molar refractivity (Wildman–Crippen MR) is 53.7 cm³/mol. The lowest BCUT2D eigenvalue weighted by molar-refractivity contribution is -0.138. The Kier molecular flexibility index (Phi) is 1.73. The van der Waals surface area contributed by atoms with Gasteiger partial charge in [-0.25, -0.2) is 0 Å². The topological polar surface area (TPSA) is 50.4 Å². The Balaban J connectivity index is 1.97. The first kappa shape index (κ1) is 9.01. The molecule has 1 unspecified atom stereocenters. The van der Waals surface area contributed by atoms with E-state index in [2.05, 4.69) is 0 Å². The number of aliphatic carboxylic acids is 1. The molecule has 1 atom stereocenters. The molecule has 80 valence electrons. The number of rotatable bonds is 2. The van der Waals surface area contributed by atoms with Gasteiger partial charge in [-0.15, -0.1) is 0 Å². The lowest BCUT2D eigenvalue weighted by Gasteiger charge is -2.30. The van der Waals surface area contributed by atoms with Gasteiger partial charge >= 0.3 is 5.97 Å². The van der Waals surface area contributed by atoms with Gasteiger partial charge in [0.15, 0.2) is 0 Å². The normalized spacial score (nSPS) is 26.3. The Morgan fingerprint density at radius 1 is 1.53 bits per heavy atom. The van der Waals surface area contributed by atoms with E-state index in [0.29, 0.717) is 5.41 Å². The summed E-state index contributed by atoms with van der Waals surface area (Å²) in [6.45, 7) is 0. The minimum atomic E-state index is -0.694. The molecule has 2 aliphatic carbocycles. The lowest BCUT2D eigenvalue weighted by Crippen LogP contribution is -2.23. The van der Waals surface area contributed by atoms with Gasteiger partial charge in [0.25, 0.3) is 0 Å².